The van der Waals surface area contributed by atoms with Crippen LogP contribution in [0.4, 0.5) is 25.8 Å². The number of nitrogens with one attached hydrogen (secondary N) is 2. The number of alkyl halides is 1. The Hall–Kier alpha value is -6.95. The van der Waals surface area contributed by atoms with Crippen LogP contribution in [0.5, 0.6) is 11.5 Å². The number of amides is 3. The predicted octanol–water partition coefficient (Wildman–Crippen LogP) is 3.91. The van der Waals surface area contributed by atoms with Crippen LogP contribution in [-0.2, 0) is 26.3 Å². The summed E-state index contributed by atoms with van der Waals surface area (Å²) < 4.78 is 65.1. The highest BCUT2D eigenvalue weighted by atomic mass is 32.2. The number of carbonyl (C=O) groups is 3. The zero-order chi connectivity index (χ0) is 45.9. The number of benzene rings is 4. The van der Waals surface area contributed by atoms with E-state index in [2.05, 4.69) is 35.8 Å². The van der Waals surface area contributed by atoms with Crippen molar-refractivity contribution in [1.82, 2.24) is 29.0 Å². The lowest BCUT2D eigenvalue weighted by molar-refractivity contribution is -0.136. The largest absolute Gasteiger partial charge is 0.453 e. The van der Waals surface area contributed by atoms with Crippen molar-refractivity contribution >= 4 is 55.9 Å². The van der Waals surface area contributed by atoms with E-state index in [0.29, 0.717) is 35.7 Å². The molecule has 0 spiro atoms. The summed E-state index contributed by atoms with van der Waals surface area (Å²) in [6, 6.07) is 21.1. The number of piperidine rings is 1. The number of aromatic nitrogens is 2. The highest BCUT2D eigenvalue weighted by Crippen LogP contribution is 2.36. The van der Waals surface area contributed by atoms with Crippen LogP contribution >= 0.6 is 0 Å². The maximum atomic E-state index is 15.2. The maximum absolute atomic E-state index is 15.2. The number of imide groups is 1. The van der Waals surface area contributed by atoms with E-state index in [1.807, 2.05) is 36.4 Å². The first kappa shape index (κ1) is 43.0. The second-order valence-electron chi connectivity index (χ2n) is 17.3. The molecule has 0 aliphatic carbocycles. The first-order valence-electron chi connectivity index (χ1n) is 21.8. The third kappa shape index (κ3) is 8.18. The summed E-state index contributed by atoms with van der Waals surface area (Å²) in [6.45, 7) is 6.25. The topological polar surface area (TPSA) is 194 Å². The highest BCUT2D eigenvalue weighted by Gasteiger charge is 2.40. The number of hydrogen-bond donors (Lipinski definition) is 2. The summed E-state index contributed by atoms with van der Waals surface area (Å²) in [5.41, 5.74) is 3.43. The average Bonchev–Trinajstić information content (AvgIpc) is 3.89. The SMILES string of the molecule is N#Cc1c(NS(=O)(=O)N2CC[C@@H](F)C2)ccc(F)c1Oc1ccc2ncn(-c3ccc(N4CC(CN5CCN(c6ccc7c(c6)CN(C6CCC(=O)NC6=O)C7=O)CC5)C4)cc3)c(=O)c2c1. The summed E-state index contributed by atoms with van der Waals surface area (Å²) in [5, 5.41) is 12.5. The van der Waals surface area contributed by atoms with E-state index in [4.69, 9.17) is 4.74 Å². The number of fused-ring (bicyclic) bond motifs is 2. The Kier molecular flexibility index (Phi) is 11.1. The first-order valence-corrected chi connectivity index (χ1v) is 23.2. The molecule has 4 aromatic carbocycles. The Bertz CT molecular complexity index is 3010. The van der Waals surface area contributed by atoms with Crippen molar-refractivity contribution in [3.8, 4) is 23.3 Å². The van der Waals surface area contributed by atoms with Gasteiger partial charge in [0, 0.05) is 94.7 Å². The minimum Gasteiger partial charge on any atom is -0.453 e. The van der Waals surface area contributed by atoms with Crippen LogP contribution in [0.15, 0.2) is 83.9 Å². The van der Waals surface area contributed by atoms with E-state index >= 15 is 4.39 Å². The van der Waals surface area contributed by atoms with Crippen molar-refractivity contribution in [2.75, 3.05) is 73.4 Å². The van der Waals surface area contributed by atoms with Gasteiger partial charge in [0.2, 0.25) is 11.8 Å². The van der Waals surface area contributed by atoms with E-state index in [1.165, 1.54) is 29.1 Å². The van der Waals surface area contributed by atoms with Gasteiger partial charge in [-0.2, -0.15) is 18.0 Å². The molecule has 0 bridgehead atoms. The Morgan fingerprint density at radius 2 is 1.62 bits per heavy atom. The molecule has 66 heavy (non-hydrogen) atoms. The van der Waals surface area contributed by atoms with Crippen LogP contribution in [-0.4, -0.2) is 121 Å². The van der Waals surface area contributed by atoms with Gasteiger partial charge in [-0.05, 0) is 91.2 Å². The molecule has 0 saturated carbocycles. The molecule has 4 saturated heterocycles. The molecule has 4 fully saturated rings. The van der Waals surface area contributed by atoms with Crippen molar-refractivity contribution in [1.29, 1.82) is 5.26 Å². The van der Waals surface area contributed by atoms with Crippen LogP contribution in [0.25, 0.3) is 16.6 Å². The van der Waals surface area contributed by atoms with Crippen LogP contribution in [0.2, 0.25) is 0 Å². The fourth-order valence-corrected chi connectivity index (χ4v) is 10.7. The Morgan fingerprint density at radius 3 is 2.35 bits per heavy atom. The molecule has 20 heteroatoms. The number of halogens is 2. The minimum atomic E-state index is -4.24. The number of anilines is 3. The fraction of sp³-hybridized carbons (Fsp3) is 0.348. The van der Waals surface area contributed by atoms with E-state index in [9.17, 15) is 37.2 Å². The summed E-state index contributed by atoms with van der Waals surface area (Å²) in [4.78, 5) is 64.2. The van der Waals surface area contributed by atoms with Crippen LogP contribution in [0.1, 0.15) is 40.7 Å². The molecule has 17 nitrogen and oxygen atoms in total. The third-order valence-electron chi connectivity index (χ3n) is 13.1. The molecular formula is C46H44F2N10O7S. The van der Waals surface area contributed by atoms with Crippen molar-refractivity contribution in [3.05, 3.63) is 112 Å². The zero-order valence-electron chi connectivity index (χ0n) is 35.5. The number of rotatable bonds is 11. The molecule has 340 valence electrons. The molecule has 5 aliphatic heterocycles. The molecule has 10 rings (SSSR count). The van der Waals surface area contributed by atoms with E-state index in [-0.39, 0.29) is 54.6 Å². The summed E-state index contributed by atoms with van der Waals surface area (Å²) in [7, 11) is -4.24. The molecule has 6 heterocycles. The second-order valence-corrected chi connectivity index (χ2v) is 18.9. The van der Waals surface area contributed by atoms with Crippen molar-refractivity contribution in [2.45, 2.75) is 38.0 Å². The van der Waals surface area contributed by atoms with Crippen molar-refractivity contribution in [2.24, 2.45) is 5.92 Å². The second kappa shape index (κ2) is 17.1. The molecule has 0 radical (unpaired) electrons. The monoisotopic (exact) mass is 918 g/mol. The normalized spacial score (nSPS) is 20.6. The number of carbonyl (C=O) groups excluding carboxylic acids is 3. The highest BCUT2D eigenvalue weighted by molar-refractivity contribution is 7.90. The van der Waals surface area contributed by atoms with Gasteiger partial charge in [-0.15, -0.1) is 0 Å². The fourth-order valence-electron chi connectivity index (χ4n) is 9.46. The van der Waals surface area contributed by atoms with Gasteiger partial charge in [0.1, 0.15) is 35.9 Å². The van der Waals surface area contributed by atoms with E-state index in [0.717, 1.165) is 79.2 Å². The number of nitrogens with zero attached hydrogens (tertiary/aromatic N) is 8. The van der Waals surface area contributed by atoms with Gasteiger partial charge in [-0.3, -0.25) is 38.7 Å². The molecule has 5 aromatic rings. The molecule has 1 unspecified atom stereocenters. The van der Waals surface area contributed by atoms with Gasteiger partial charge < -0.3 is 19.4 Å². The number of hydrogen-bond acceptors (Lipinski definition) is 12. The Labute approximate surface area is 377 Å². The van der Waals surface area contributed by atoms with Gasteiger partial charge >= 0.3 is 10.2 Å². The predicted molar refractivity (Wildman–Crippen MR) is 239 cm³/mol. The average molecular weight is 919 g/mol. The Morgan fingerprint density at radius 1 is 0.864 bits per heavy atom. The summed E-state index contributed by atoms with van der Waals surface area (Å²) in [6.07, 6.45) is 0.713. The number of nitriles is 1. The maximum Gasteiger partial charge on any atom is 0.301 e. The molecule has 1 aromatic heterocycles. The molecule has 2 atom stereocenters. The standard InChI is InChI=1S/C46H44F2N10O7S/c47-30-13-14-56(26-30)66(63,64)52-40-10-8-38(48)43(37(40)21-49)65-34-6-9-39-36(20-34)46(62)58(27-50-39)32-3-1-31(2-4-32)55-23-28(24-55)22-53-15-17-54(18-16-53)33-5-7-35-29(19-33)25-57(45(35)61)41-11-12-42(59)51-44(41)60/h1-10,19-20,27-28,30,41,52H,11-18,22-26H2,(H,51,59,60)/t30-,41?/m1/s1. The van der Waals surface area contributed by atoms with Crippen LogP contribution in [0.3, 0.4) is 0 Å². The quantitative estimate of drug-likeness (QED) is 0.182. The van der Waals surface area contributed by atoms with Crippen LogP contribution < -0.4 is 30.1 Å². The first-order chi connectivity index (χ1) is 31.8. The smallest absolute Gasteiger partial charge is 0.301 e. The Balaban J connectivity index is 0.740. The van der Waals surface area contributed by atoms with E-state index in [1.54, 1.807) is 11.0 Å². The van der Waals surface area contributed by atoms with Gasteiger partial charge in [0.15, 0.2) is 11.6 Å². The molecule has 3 amide bonds. The third-order valence-corrected chi connectivity index (χ3v) is 14.5. The molecule has 5 aliphatic rings. The van der Waals surface area contributed by atoms with Gasteiger partial charge in [-0.1, -0.05) is 0 Å². The number of ether oxygens (including phenoxy) is 1. The van der Waals surface area contributed by atoms with Crippen molar-refractivity contribution in [3.63, 3.8) is 0 Å². The molecule has 2 N–H and O–H groups in total. The lowest BCUT2D eigenvalue weighted by Gasteiger charge is -2.45. The van der Waals surface area contributed by atoms with Crippen molar-refractivity contribution < 1.29 is 36.3 Å². The number of piperazine rings is 1. The van der Waals surface area contributed by atoms with E-state index < -0.39 is 51.0 Å². The lowest BCUT2D eigenvalue weighted by atomic mass is 9.98. The van der Waals surface area contributed by atoms with Gasteiger partial charge in [0.25, 0.3) is 11.5 Å². The minimum absolute atomic E-state index is 0.0124. The van der Waals surface area contributed by atoms with Gasteiger partial charge in [-0.25, -0.2) is 13.8 Å². The summed E-state index contributed by atoms with van der Waals surface area (Å²) >= 11 is 0. The zero-order valence-corrected chi connectivity index (χ0v) is 36.3. The van der Waals surface area contributed by atoms with Gasteiger partial charge in [0.05, 0.1) is 22.3 Å². The molecular weight excluding hydrogens is 875 g/mol. The summed E-state index contributed by atoms with van der Waals surface area (Å²) in [5.74, 6) is -1.87. The lowest BCUT2D eigenvalue weighted by Crippen LogP contribution is -2.55. The van der Waals surface area contributed by atoms with Crippen LogP contribution in [0, 0.1) is 23.1 Å².